The maximum Gasteiger partial charge on any atom is 0.256 e. The smallest absolute Gasteiger partial charge is 0.256 e. The Hall–Kier alpha value is -3.28. The number of ketones is 1. The fraction of sp³-hybridized carbons (Fsp3) is 0. The zero-order valence-corrected chi connectivity index (χ0v) is 12.4. The molecule has 24 heavy (non-hydrogen) atoms. The van der Waals surface area contributed by atoms with Crippen molar-refractivity contribution < 1.29 is 13.6 Å². The van der Waals surface area contributed by atoms with Gasteiger partial charge in [-0.25, -0.2) is 8.78 Å². The monoisotopic (exact) mass is 326 g/mol. The molecule has 2 N–H and O–H groups in total. The number of benzene rings is 2. The molecular weight excluding hydrogens is 314 g/mol. The molecule has 2 aromatic carbocycles. The predicted molar refractivity (Wildman–Crippen MR) is 86.2 cm³/mol. The van der Waals surface area contributed by atoms with E-state index >= 15 is 0 Å². The number of carbonyl (C=O) groups is 1. The first kappa shape index (κ1) is 15.6. The average molecular weight is 326 g/mol. The summed E-state index contributed by atoms with van der Waals surface area (Å²) in [7, 11) is 0. The number of hydrogen-bond donors (Lipinski definition) is 1. The van der Waals surface area contributed by atoms with Crippen LogP contribution < -0.4 is 11.3 Å². The van der Waals surface area contributed by atoms with Crippen LogP contribution in [0.1, 0.15) is 15.9 Å². The Labute approximate surface area is 135 Å². The first-order valence-electron chi connectivity index (χ1n) is 7.06. The summed E-state index contributed by atoms with van der Waals surface area (Å²) >= 11 is 0. The summed E-state index contributed by atoms with van der Waals surface area (Å²) in [6.07, 6.45) is 0. The van der Waals surface area contributed by atoms with Gasteiger partial charge in [0.2, 0.25) is 0 Å². The van der Waals surface area contributed by atoms with Gasteiger partial charge in [-0.2, -0.15) is 0 Å². The summed E-state index contributed by atoms with van der Waals surface area (Å²) in [4.78, 5) is 24.6. The molecule has 1 heterocycles. The Kier molecular flexibility index (Phi) is 3.95. The summed E-state index contributed by atoms with van der Waals surface area (Å²) in [5, 5.41) is 0. The van der Waals surface area contributed by atoms with E-state index in [0.29, 0.717) is 11.8 Å². The van der Waals surface area contributed by atoms with Crippen LogP contribution in [0.5, 0.6) is 0 Å². The van der Waals surface area contributed by atoms with Crippen molar-refractivity contribution in [3.05, 3.63) is 93.8 Å². The number of nitrogen functional groups attached to an aromatic ring is 1. The van der Waals surface area contributed by atoms with Crippen molar-refractivity contribution in [1.29, 1.82) is 0 Å². The molecule has 0 aliphatic heterocycles. The fourth-order valence-corrected chi connectivity index (χ4v) is 2.41. The second-order valence-electron chi connectivity index (χ2n) is 5.09. The highest BCUT2D eigenvalue weighted by Gasteiger charge is 2.19. The Bertz CT molecular complexity index is 982. The maximum atomic E-state index is 13.9. The normalized spacial score (nSPS) is 10.6. The molecule has 3 aromatic rings. The second kappa shape index (κ2) is 6.08. The molecule has 0 saturated heterocycles. The fourth-order valence-electron chi connectivity index (χ4n) is 2.41. The number of halogens is 2. The van der Waals surface area contributed by atoms with Crippen LogP contribution in [-0.4, -0.2) is 10.4 Å². The summed E-state index contributed by atoms with van der Waals surface area (Å²) in [6, 6.07) is 13.6. The number of nitrogens with zero attached hydrogens (tertiary/aromatic N) is 1. The number of nitrogens with two attached hydrogens (primary N) is 1. The van der Waals surface area contributed by atoms with Gasteiger partial charge in [0.1, 0.15) is 17.5 Å². The molecular formula is C18H12F2N2O2. The van der Waals surface area contributed by atoms with Crippen LogP contribution >= 0.6 is 0 Å². The predicted octanol–water partition coefficient (Wildman–Crippen LogP) is 2.93. The van der Waals surface area contributed by atoms with Crippen LogP contribution in [0.4, 0.5) is 14.6 Å². The third-order valence-corrected chi connectivity index (χ3v) is 3.56. The molecule has 0 radical (unpaired) electrons. The number of anilines is 1. The van der Waals surface area contributed by atoms with Crippen molar-refractivity contribution in [1.82, 2.24) is 4.57 Å². The van der Waals surface area contributed by atoms with E-state index in [-0.39, 0.29) is 16.9 Å². The number of hydrogen-bond acceptors (Lipinski definition) is 3. The molecule has 0 aliphatic carbocycles. The highest BCUT2D eigenvalue weighted by atomic mass is 19.1. The minimum Gasteiger partial charge on any atom is -0.384 e. The number of rotatable bonds is 3. The summed E-state index contributed by atoms with van der Waals surface area (Å²) in [5.74, 6) is -2.61. The molecule has 0 saturated carbocycles. The SMILES string of the molecule is Nc1c(C(=O)c2ccc(F)cc2F)ccc(=O)n1-c1ccccc1. The zero-order valence-electron chi connectivity index (χ0n) is 12.4. The number of pyridine rings is 1. The molecule has 0 aliphatic rings. The molecule has 3 rings (SSSR count). The first-order chi connectivity index (χ1) is 11.5. The Morgan fingerprint density at radius 1 is 0.917 bits per heavy atom. The molecule has 0 amide bonds. The molecule has 6 heteroatoms. The van der Waals surface area contributed by atoms with Crippen LogP contribution in [0, 0.1) is 11.6 Å². The third-order valence-electron chi connectivity index (χ3n) is 3.56. The van der Waals surface area contributed by atoms with E-state index in [4.69, 9.17) is 5.73 Å². The van der Waals surface area contributed by atoms with Crippen molar-refractivity contribution in [2.75, 3.05) is 5.73 Å². The van der Waals surface area contributed by atoms with Crippen molar-refractivity contribution in [3.63, 3.8) is 0 Å². The van der Waals surface area contributed by atoms with E-state index in [9.17, 15) is 18.4 Å². The van der Waals surface area contributed by atoms with Crippen molar-refractivity contribution in [2.45, 2.75) is 0 Å². The van der Waals surface area contributed by atoms with Gasteiger partial charge in [0.25, 0.3) is 5.56 Å². The van der Waals surface area contributed by atoms with Crippen LogP contribution in [0.25, 0.3) is 5.69 Å². The molecule has 4 nitrogen and oxygen atoms in total. The third kappa shape index (κ3) is 2.69. The minimum atomic E-state index is -0.989. The van der Waals surface area contributed by atoms with Gasteiger partial charge in [0, 0.05) is 12.1 Å². The summed E-state index contributed by atoms with van der Waals surface area (Å²) in [5.41, 5.74) is 5.68. The van der Waals surface area contributed by atoms with Crippen LogP contribution in [0.15, 0.2) is 65.5 Å². The minimum absolute atomic E-state index is 0.0380. The lowest BCUT2D eigenvalue weighted by Gasteiger charge is -2.13. The van der Waals surface area contributed by atoms with E-state index in [1.165, 1.54) is 12.1 Å². The molecule has 0 fully saturated rings. The Morgan fingerprint density at radius 2 is 1.58 bits per heavy atom. The van der Waals surface area contributed by atoms with Crippen LogP contribution in [-0.2, 0) is 0 Å². The number of carbonyl (C=O) groups excluding carboxylic acids is 1. The van der Waals surface area contributed by atoms with Gasteiger partial charge in [-0.3, -0.25) is 14.2 Å². The average Bonchev–Trinajstić information content (AvgIpc) is 2.55. The first-order valence-corrected chi connectivity index (χ1v) is 7.06. The molecule has 0 atom stereocenters. The number of aromatic nitrogens is 1. The quantitative estimate of drug-likeness (QED) is 0.753. The van der Waals surface area contributed by atoms with Crippen LogP contribution in [0.3, 0.4) is 0 Å². The van der Waals surface area contributed by atoms with E-state index in [1.54, 1.807) is 30.3 Å². The lowest BCUT2D eigenvalue weighted by Crippen LogP contribution is -2.23. The topological polar surface area (TPSA) is 65.1 Å². The van der Waals surface area contributed by atoms with Crippen molar-refractivity contribution in [3.8, 4) is 5.69 Å². The molecule has 0 spiro atoms. The number of para-hydroxylation sites is 1. The van der Waals surface area contributed by atoms with Gasteiger partial charge in [0.05, 0.1) is 16.8 Å². The van der Waals surface area contributed by atoms with Crippen molar-refractivity contribution in [2.24, 2.45) is 0 Å². The van der Waals surface area contributed by atoms with Gasteiger partial charge in [-0.05, 0) is 30.3 Å². The zero-order chi connectivity index (χ0) is 17.3. The summed E-state index contributed by atoms with van der Waals surface area (Å²) in [6.45, 7) is 0. The van der Waals surface area contributed by atoms with E-state index < -0.39 is 23.0 Å². The molecule has 0 bridgehead atoms. The van der Waals surface area contributed by atoms with Gasteiger partial charge in [-0.1, -0.05) is 18.2 Å². The molecule has 0 unspecified atom stereocenters. The molecule has 120 valence electrons. The van der Waals surface area contributed by atoms with E-state index in [1.807, 2.05) is 0 Å². The highest BCUT2D eigenvalue weighted by Crippen LogP contribution is 2.20. The largest absolute Gasteiger partial charge is 0.384 e. The van der Waals surface area contributed by atoms with Crippen LogP contribution in [0.2, 0.25) is 0 Å². The van der Waals surface area contributed by atoms with Gasteiger partial charge < -0.3 is 5.73 Å². The van der Waals surface area contributed by atoms with Crippen molar-refractivity contribution >= 4 is 11.6 Å². The lowest BCUT2D eigenvalue weighted by molar-refractivity contribution is 0.103. The highest BCUT2D eigenvalue weighted by molar-refractivity contribution is 6.11. The summed E-state index contributed by atoms with van der Waals surface area (Å²) < 4.78 is 28.0. The molecule has 1 aromatic heterocycles. The maximum absolute atomic E-state index is 13.9. The second-order valence-corrected chi connectivity index (χ2v) is 5.09. The van der Waals surface area contributed by atoms with E-state index in [0.717, 1.165) is 16.7 Å². The van der Waals surface area contributed by atoms with Gasteiger partial charge in [-0.15, -0.1) is 0 Å². The van der Waals surface area contributed by atoms with Gasteiger partial charge in [0.15, 0.2) is 5.78 Å². The Balaban J connectivity index is 2.16. The van der Waals surface area contributed by atoms with E-state index in [2.05, 4.69) is 0 Å². The lowest BCUT2D eigenvalue weighted by atomic mass is 10.0. The Morgan fingerprint density at radius 3 is 2.25 bits per heavy atom. The standard InChI is InChI=1S/C18H12F2N2O2/c19-11-6-7-13(15(20)10-11)17(24)14-8-9-16(23)22(18(14)21)12-4-2-1-3-5-12/h1-10H,21H2. The van der Waals surface area contributed by atoms with Gasteiger partial charge >= 0.3 is 0 Å².